The summed E-state index contributed by atoms with van der Waals surface area (Å²) in [5.41, 5.74) is 0.421. The first-order valence-corrected chi connectivity index (χ1v) is 6.97. The Morgan fingerprint density at radius 1 is 1.17 bits per heavy atom. The normalized spacial score (nSPS) is 20.5. The van der Waals surface area contributed by atoms with Crippen LogP contribution in [0.15, 0.2) is 66.3 Å². The molecule has 1 atom stereocenters. The van der Waals surface area contributed by atoms with Crippen LogP contribution < -0.4 is 0 Å². The number of nitriles is 2. The number of hydrogen-bond acceptors (Lipinski definition) is 4. The van der Waals surface area contributed by atoms with E-state index in [2.05, 4.69) is 12.1 Å². The molecule has 0 N–H and O–H groups in total. The van der Waals surface area contributed by atoms with Crippen LogP contribution in [-0.2, 0) is 0 Å². The fourth-order valence-electron chi connectivity index (χ4n) is 2.98. The van der Waals surface area contributed by atoms with Crippen molar-refractivity contribution >= 4 is 11.3 Å². The van der Waals surface area contributed by atoms with Gasteiger partial charge in [0.25, 0.3) is 5.69 Å². The van der Waals surface area contributed by atoms with Gasteiger partial charge in [0.2, 0.25) is 0 Å². The summed E-state index contributed by atoms with van der Waals surface area (Å²) in [5.74, 6) is -0.387. The van der Waals surface area contributed by atoms with Crippen LogP contribution in [0.1, 0.15) is 5.56 Å². The van der Waals surface area contributed by atoms with Crippen LogP contribution in [0.4, 0.5) is 5.69 Å². The highest BCUT2D eigenvalue weighted by Crippen LogP contribution is 2.51. The van der Waals surface area contributed by atoms with Crippen molar-refractivity contribution in [1.29, 1.82) is 10.5 Å². The lowest BCUT2D eigenvalue weighted by molar-refractivity contribution is -0.384. The molecule has 23 heavy (non-hydrogen) atoms. The predicted octanol–water partition coefficient (Wildman–Crippen LogP) is 3.69. The monoisotopic (exact) mass is 301 g/mol. The fraction of sp³-hybridized carbons (Fsp3) is 0.111. The third kappa shape index (κ3) is 2.16. The molecule has 0 aliphatic heterocycles. The van der Waals surface area contributed by atoms with Crippen molar-refractivity contribution < 1.29 is 4.92 Å². The number of nitro benzene ring substituents is 1. The van der Waals surface area contributed by atoms with Gasteiger partial charge in [-0.15, -0.1) is 0 Å². The molecule has 0 saturated heterocycles. The second-order valence-electron chi connectivity index (χ2n) is 5.31. The van der Waals surface area contributed by atoms with E-state index in [1.54, 1.807) is 18.2 Å². The third-order valence-electron chi connectivity index (χ3n) is 4.10. The van der Waals surface area contributed by atoms with Crippen molar-refractivity contribution in [3.63, 3.8) is 0 Å². The average molecular weight is 301 g/mol. The lowest BCUT2D eigenvalue weighted by atomic mass is 9.73. The van der Waals surface area contributed by atoms with E-state index in [0.29, 0.717) is 11.1 Å². The van der Waals surface area contributed by atoms with Gasteiger partial charge in [-0.25, -0.2) is 0 Å². The summed E-state index contributed by atoms with van der Waals surface area (Å²) in [6.45, 7) is 0. The number of non-ortho nitro benzene ring substituents is 1. The number of nitro groups is 1. The molecule has 2 aliphatic carbocycles. The van der Waals surface area contributed by atoms with Gasteiger partial charge in [0.1, 0.15) is 0 Å². The highest BCUT2D eigenvalue weighted by molar-refractivity contribution is 5.84. The zero-order valence-electron chi connectivity index (χ0n) is 12.0. The van der Waals surface area contributed by atoms with Gasteiger partial charge < -0.3 is 0 Å². The Balaban J connectivity index is 2.22. The molecule has 110 valence electrons. The first kappa shape index (κ1) is 14.5. The largest absolute Gasteiger partial charge is 0.270 e. The zero-order valence-corrected chi connectivity index (χ0v) is 12.0. The second kappa shape index (κ2) is 5.40. The molecule has 0 bridgehead atoms. The quantitative estimate of drug-likeness (QED) is 0.615. The molecule has 0 fully saturated rings. The Kier molecular flexibility index (Phi) is 3.40. The highest BCUT2D eigenvalue weighted by Gasteiger charge is 2.48. The summed E-state index contributed by atoms with van der Waals surface area (Å²) >= 11 is 0. The molecule has 1 aromatic rings. The van der Waals surface area contributed by atoms with E-state index in [9.17, 15) is 20.6 Å². The molecule has 0 saturated carbocycles. The zero-order chi connectivity index (χ0) is 16.4. The minimum Gasteiger partial charge on any atom is -0.258 e. The van der Waals surface area contributed by atoms with Gasteiger partial charge in [-0.05, 0) is 16.7 Å². The summed E-state index contributed by atoms with van der Waals surface area (Å²) < 4.78 is 0. The predicted molar refractivity (Wildman–Crippen MR) is 84.6 cm³/mol. The molecule has 0 radical (unpaired) electrons. The summed E-state index contributed by atoms with van der Waals surface area (Å²) in [6.07, 6.45) is 11.0. The minimum atomic E-state index is -1.39. The van der Waals surface area contributed by atoms with E-state index >= 15 is 0 Å². The first-order chi connectivity index (χ1) is 11.1. The summed E-state index contributed by atoms with van der Waals surface area (Å²) in [6, 6.07) is 10.3. The Morgan fingerprint density at radius 3 is 2.65 bits per heavy atom. The maximum atomic E-state index is 11.0. The number of rotatable bonds is 2. The maximum absolute atomic E-state index is 11.0. The van der Waals surface area contributed by atoms with Crippen LogP contribution in [0, 0.1) is 44.1 Å². The van der Waals surface area contributed by atoms with Gasteiger partial charge in [-0.2, -0.15) is 10.5 Å². The Morgan fingerprint density at radius 2 is 1.96 bits per heavy atom. The molecular formula is C18H11N3O2. The van der Waals surface area contributed by atoms with Crippen LogP contribution >= 0.6 is 0 Å². The van der Waals surface area contributed by atoms with Crippen molar-refractivity contribution in [3.8, 4) is 12.1 Å². The number of allylic oxidation sites excluding steroid dienone is 8. The molecular weight excluding hydrogens is 290 g/mol. The van der Waals surface area contributed by atoms with E-state index in [1.165, 1.54) is 12.1 Å². The number of benzene rings is 1. The van der Waals surface area contributed by atoms with Gasteiger partial charge in [0, 0.05) is 18.1 Å². The molecule has 0 spiro atoms. The summed E-state index contributed by atoms with van der Waals surface area (Å²) in [4.78, 5) is 10.5. The van der Waals surface area contributed by atoms with E-state index in [1.807, 2.05) is 30.4 Å². The van der Waals surface area contributed by atoms with E-state index in [0.717, 1.165) is 5.57 Å². The molecule has 5 nitrogen and oxygen atoms in total. The van der Waals surface area contributed by atoms with Crippen molar-refractivity contribution in [3.05, 3.63) is 82.0 Å². The smallest absolute Gasteiger partial charge is 0.258 e. The Labute approximate surface area is 132 Å². The van der Waals surface area contributed by atoms with Crippen molar-refractivity contribution in [1.82, 2.24) is 0 Å². The van der Waals surface area contributed by atoms with E-state index in [4.69, 9.17) is 0 Å². The lowest BCUT2D eigenvalue weighted by Crippen LogP contribution is -2.24. The van der Waals surface area contributed by atoms with Crippen LogP contribution in [0.25, 0.3) is 5.57 Å². The van der Waals surface area contributed by atoms with Crippen molar-refractivity contribution in [2.45, 2.75) is 0 Å². The second-order valence-corrected chi connectivity index (χ2v) is 5.31. The van der Waals surface area contributed by atoms with Crippen LogP contribution in [0.2, 0.25) is 0 Å². The number of hydrogen-bond donors (Lipinski definition) is 0. The molecule has 5 heteroatoms. The first-order valence-electron chi connectivity index (χ1n) is 6.97. The molecule has 0 aromatic heterocycles. The van der Waals surface area contributed by atoms with Crippen LogP contribution in [-0.4, -0.2) is 4.92 Å². The van der Waals surface area contributed by atoms with E-state index in [-0.39, 0.29) is 11.6 Å². The summed E-state index contributed by atoms with van der Waals surface area (Å²) in [5, 5.41) is 30.4. The molecule has 0 heterocycles. The number of nitrogens with zero attached hydrogens (tertiary/aromatic N) is 3. The van der Waals surface area contributed by atoms with Gasteiger partial charge in [0.15, 0.2) is 5.41 Å². The molecule has 1 unspecified atom stereocenters. The van der Waals surface area contributed by atoms with Crippen LogP contribution in [0.5, 0.6) is 0 Å². The topological polar surface area (TPSA) is 90.7 Å². The maximum Gasteiger partial charge on any atom is 0.270 e. The lowest BCUT2D eigenvalue weighted by Gasteiger charge is -2.23. The molecule has 3 rings (SSSR count). The fourth-order valence-corrected chi connectivity index (χ4v) is 2.98. The van der Waals surface area contributed by atoms with Crippen molar-refractivity contribution in [2.24, 2.45) is 11.3 Å². The Hall–Kier alpha value is -3.44. The molecule has 1 aromatic carbocycles. The van der Waals surface area contributed by atoms with Crippen LogP contribution in [0.3, 0.4) is 0 Å². The minimum absolute atomic E-state index is 0.0651. The highest BCUT2D eigenvalue weighted by atomic mass is 16.6. The van der Waals surface area contributed by atoms with Gasteiger partial charge >= 0.3 is 0 Å². The Bertz CT molecular complexity index is 878. The standard InChI is InChI=1S/C18H11N3O2/c19-11-18(12-20)16-8-3-1-2-5-14(16)10-17(18)13-6-4-7-15(9-13)21(22)23/h1-10,16H. The molecule has 0 amide bonds. The van der Waals surface area contributed by atoms with Gasteiger partial charge in [-0.3, -0.25) is 10.1 Å². The van der Waals surface area contributed by atoms with E-state index < -0.39 is 10.3 Å². The third-order valence-corrected chi connectivity index (χ3v) is 4.10. The average Bonchev–Trinajstić information content (AvgIpc) is 2.71. The molecule has 2 aliphatic rings. The van der Waals surface area contributed by atoms with Gasteiger partial charge in [-0.1, -0.05) is 48.6 Å². The summed E-state index contributed by atoms with van der Waals surface area (Å²) in [7, 11) is 0. The number of fused-ring (bicyclic) bond motifs is 1. The van der Waals surface area contributed by atoms with Crippen molar-refractivity contribution in [2.75, 3.05) is 0 Å². The SMILES string of the molecule is N#CC1(C#N)C(c2cccc([N+](=O)[O-])c2)=CC2=CC=CC=CC21. The van der Waals surface area contributed by atoms with Gasteiger partial charge in [0.05, 0.1) is 17.1 Å².